The van der Waals surface area contributed by atoms with E-state index in [0.29, 0.717) is 22.8 Å². The van der Waals surface area contributed by atoms with E-state index < -0.39 is 0 Å². The summed E-state index contributed by atoms with van der Waals surface area (Å²) in [4.78, 5) is 16.4. The predicted molar refractivity (Wildman–Crippen MR) is 75.0 cm³/mol. The normalized spacial score (nSPS) is 10.7. The second-order valence-electron chi connectivity index (χ2n) is 4.41. The van der Waals surface area contributed by atoms with Crippen LogP contribution in [0.2, 0.25) is 0 Å². The minimum absolute atomic E-state index is 0.0101. The lowest BCUT2D eigenvalue weighted by Crippen LogP contribution is -2.03. The summed E-state index contributed by atoms with van der Waals surface area (Å²) < 4.78 is 10.7. The maximum atomic E-state index is 12.1. The summed E-state index contributed by atoms with van der Waals surface area (Å²) in [5, 5.41) is 0. The number of carbonyl (C=O) groups excluding carboxylic acids is 1. The largest absolute Gasteiger partial charge is 0.497 e. The van der Waals surface area contributed by atoms with E-state index in [-0.39, 0.29) is 12.2 Å². The molecule has 0 bridgehead atoms. The monoisotopic (exact) mass is 267 g/mol. The molecule has 2 aromatic carbocycles. The van der Waals surface area contributed by atoms with Gasteiger partial charge in [-0.1, -0.05) is 30.3 Å². The Kier molecular flexibility index (Phi) is 3.21. The molecule has 0 aliphatic rings. The summed E-state index contributed by atoms with van der Waals surface area (Å²) in [6.07, 6.45) is 0.154. The highest BCUT2D eigenvalue weighted by molar-refractivity contribution is 5.97. The lowest BCUT2D eigenvalue weighted by Gasteiger charge is -1.97. The van der Waals surface area contributed by atoms with Crippen molar-refractivity contribution >= 4 is 16.9 Å². The van der Waals surface area contributed by atoms with E-state index in [9.17, 15) is 4.79 Å². The standard InChI is InChI=1S/C16H13NO3/c1-19-12-7-8-13-15(9-12)20-16(17-13)10-14(18)11-5-3-2-4-6-11/h2-9H,10H2,1H3. The molecule has 20 heavy (non-hydrogen) atoms. The van der Waals surface area contributed by atoms with E-state index >= 15 is 0 Å². The summed E-state index contributed by atoms with van der Waals surface area (Å²) >= 11 is 0. The molecule has 4 nitrogen and oxygen atoms in total. The average Bonchev–Trinajstić information content (AvgIpc) is 2.89. The van der Waals surface area contributed by atoms with Crippen molar-refractivity contribution in [1.82, 2.24) is 4.98 Å². The van der Waals surface area contributed by atoms with Crippen molar-refractivity contribution in [2.75, 3.05) is 7.11 Å². The van der Waals surface area contributed by atoms with Gasteiger partial charge in [0.05, 0.1) is 13.5 Å². The molecule has 3 rings (SSSR count). The molecule has 0 spiro atoms. The van der Waals surface area contributed by atoms with Crippen LogP contribution in [0.25, 0.3) is 11.1 Å². The molecule has 100 valence electrons. The van der Waals surface area contributed by atoms with Gasteiger partial charge in [0.25, 0.3) is 0 Å². The molecule has 0 fully saturated rings. The van der Waals surface area contributed by atoms with Crippen LogP contribution in [-0.2, 0) is 6.42 Å². The molecule has 1 aromatic heterocycles. The molecule has 0 radical (unpaired) electrons. The van der Waals surface area contributed by atoms with E-state index in [0.717, 1.165) is 5.52 Å². The van der Waals surface area contributed by atoms with Crippen LogP contribution in [-0.4, -0.2) is 17.9 Å². The molecule has 4 heteroatoms. The van der Waals surface area contributed by atoms with Crippen LogP contribution in [0.4, 0.5) is 0 Å². The number of Topliss-reactive ketones (excluding diaryl/α,β-unsaturated/α-hetero) is 1. The zero-order chi connectivity index (χ0) is 13.9. The van der Waals surface area contributed by atoms with Crippen molar-refractivity contribution in [1.29, 1.82) is 0 Å². The minimum atomic E-state index is -0.0101. The Hall–Kier alpha value is -2.62. The first kappa shape index (κ1) is 12.4. The van der Waals surface area contributed by atoms with Crippen LogP contribution in [0.15, 0.2) is 52.9 Å². The quantitative estimate of drug-likeness (QED) is 0.681. The highest BCUT2D eigenvalue weighted by atomic mass is 16.5. The number of oxazole rings is 1. The van der Waals surface area contributed by atoms with Crippen molar-refractivity contribution < 1.29 is 13.9 Å². The fourth-order valence-electron chi connectivity index (χ4n) is 2.02. The maximum Gasteiger partial charge on any atom is 0.203 e. The average molecular weight is 267 g/mol. The first-order chi connectivity index (χ1) is 9.76. The smallest absolute Gasteiger partial charge is 0.203 e. The maximum absolute atomic E-state index is 12.1. The van der Waals surface area contributed by atoms with Gasteiger partial charge >= 0.3 is 0 Å². The van der Waals surface area contributed by atoms with Crippen LogP contribution in [0.1, 0.15) is 16.2 Å². The molecule has 0 N–H and O–H groups in total. The summed E-state index contributed by atoms with van der Waals surface area (Å²) in [6.45, 7) is 0. The molecule has 0 aliphatic heterocycles. The number of ether oxygens (including phenoxy) is 1. The Labute approximate surface area is 116 Å². The molecule has 0 saturated carbocycles. The molecule has 0 aliphatic carbocycles. The number of aromatic nitrogens is 1. The van der Waals surface area contributed by atoms with Gasteiger partial charge in [-0.25, -0.2) is 4.98 Å². The van der Waals surface area contributed by atoms with Gasteiger partial charge in [0.1, 0.15) is 11.3 Å². The second-order valence-corrected chi connectivity index (χ2v) is 4.41. The van der Waals surface area contributed by atoms with Crippen LogP contribution < -0.4 is 4.74 Å². The Morgan fingerprint density at radius 2 is 2.00 bits per heavy atom. The van der Waals surface area contributed by atoms with Gasteiger partial charge in [0.15, 0.2) is 11.4 Å². The third kappa shape index (κ3) is 2.40. The number of hydrogen-bond donors (Lipinski definition) is 0. The van der Waals surface area contributed by atoms with E-state index in [1.165, 1.54) is 0 Å². The molecule has 1 heterocycles. The predicted octanol–water partition coefficient (Wildman–Crippen LogP) is 3.26. The SMILES string of the molecule is COc1ccc2nc(CC(=O)c3ccccc3)oc2c1. The molecule has 0 saturated heterocycles. The van der Waals surface area contributed by atoms with E-state index in [2.05, 4.69) is 4.98 Å². The van der Waals surface area contributed by atoms with Crippen molar-refractivity contribution in [3.63, 3.8) is 0 Å². The van der Waals surface area contributed by atoms with Gasteiger partial charge < -0.3 is 9.15 Å². The zero-order valence-electron chi connectivity index (χ0n) is 11.0. The van der Waals surface area contributed by atoms with E-state index in [1.807, 2.05) is 30.3 Å². The number of ketones is 1. The van der Waals surface area contributed by atoms with Crippen LogP contribution in [0.3, 0.4) is 0 Å². The van der Waals surface area contributed by atoms with E-state index in [1.54, 1.807) is 25.3 Å². The Morgan fingerprint density at radius 1 is 1.20 bits per heavy atom. The fraction of sp³-hybridized carbons (Fsp3) is 0.125. The third-order valence-corrected chi connectivity index (χ3v) is 3.05. The number of nitrogens with zero attached hydrogens (tertiary/aromatic N) is 1. The number of carbonyl (C=O) groups is 1. The van der Waals surface area contributed by atoms with Crippen molar-refractivity contribution in [2.24, 2.45) is 0 Å². The van der Waals surface area contributed by atoms with Crippen LogP contribution in [0, 0.1) is 0 Å². The van der Waals surface area contributed by atoms with Gasteiger partial charge in [-0.15, -0.1) is 0 Å². The van der Waals surface area contributed by atoms with Crippen LogP contribution >= 0.6 is 0 Å². The molecular weight excluding hydrogens is 254 g/mol. The number of benzene rings is 2. The van der Waals surface area contributed by atoms with Crippen molar-refractivity contribution in [2.45, 2.75) is 6.42 Å². The topological polar surface area (TPSA) is 52.3 Å². The van der Waals surface area contributed by atoms with Crippen molar-refractivity contribution in [3.8, 4) is 5.75 Å². The second kappa shape index (κ2) is 5.17. The van der Waals surface area contributed by atoms with Gasteiger partial charge in [-0.2, -0.15) is 0 Å². The molecule has 0 atom stereocenters. The molecule has 0 amide bonds. The number of rotatable bonds is 4. The molecule has 3 aromatic rings. The van der Waals surface area contributed by atoms with Gasteiger partial charge in [-0.3, -0.25) is 4.79 Å². The first-order valence-electron chi connectivity index (χ1n) is 6.28. The summed E-state index contributed by atoms with van der Waals surface area (Å²) in [5.41, 5.74) is 2.01. The zero-order valence-corrected chi connectivity index (χ0v) is 11.0. The summed E-state index contributed by atoms with van der Waals surface area (Å²) in [6, 6.07) is 14.5. The fourth-order valence-corrected chi connectivity index (χ4v) is 2.02. The third-order valence-electron chi connectivity index (χ3n) is 3.05. The summed E-state index contributed by atoms with van der Waals surface area (Å²) in [5.74, 6) is 1.11. The van der Waals surface area contributed by atoms with E-state index in [4.69, 9.17) is 9.15 Å². The lowest BCUT2D eigenvalue weighted by atomic mass is 10.1. The Bertz CT molecular complexity index is 747. The van der Waals surface area contributed by atoms with Gasteiger partial charge in [0.2, 0.25) is 5.89 Å². The lowest BCUT2D eigenvalue weighted by molar-refractivity contribution is 0.0986. The highest BCUT2D eigenvalue weighted by Gasteiger charge is 2.12. The first-order valence-corrected chi connectivity index (χ1v) is 6.28. The number of methoxy groups -OCH3 is 1. The Balaban J connectivity index is 1.86. The van der Waals surface area contributed by atoms with Crippen molar-refractivity contribution in [3.05, 3.63) is 60.0 Å². The van der Waals surface area contributed by atoms with Gasteiger partial charge in [-0.05, 0) is 12.1 Å². The summed E-state index contributed by atoms with van der Waals surface area (Å²) in [7, 11) is 1.59. The molecule has 0 unspecified atom stereocenters. The number of hydrogen-bond acceptors (Lipinski definition) is 4. The Morgan fingerprint density at radius 3 is 2.75 bits per heavy atom. The van der Waals surface area contributed by atoms with Gasteiger partial charge in [0, 0.05) is 11.6 Å². The minimum Gasteiger partial charge on any atom is -0.497 e. The molecular formula is C16H13NO3. The highest BCUT2D eigenvalue weighted by Crippen LogP contribution is 2.22. The van der Waals surface area contributed by atoms with Crippen LogP contribution in [0.5, 0.6) is 5.75 Å². The number of fused-ring (bicyclic) bond motifs is 1.